The summed E-state index contributed by atoms with van der Waals surface area (Å²) in [6, 6.07) is 11.0. The number of hydrogen-bond donors (Lipinski definition) is 4. The quantitative estimate of drug-likeness (QED) is 0.199. The van der Waals surface area contributed by atoms with Crippen molar-refractivity contribution in [2.75, 3.05) is 6.61 Å². The minimum atomic E-state index is -1.57. The smallest absolute Gasteiger partial charge is 0.482 e. The summed E-state index contributed by atoms with van der Waals surface area (Å²) in [5.74, 6) is 0.324. The fourth-order valence-corrected chi connectivity index (χ4v) is 2.92. The number of nitro benzene ring substituents is 1. The Morgan fingerprint density at radius 3 is 2.22 bits per heavy atom. The molecule has 0 aromatic heterocycles. The van der Waals surface area contributed by atoms with Gasteiger partial charge in [-0.2, -0.15) is 0 Å². The summed E-state index contributed by atoms with van der Waals surface area (Å²) in [4.78, 5) is 21.8. The van der Waals surface area contributed by atoms with Crippen molar-refractivity contribution in [3.05, 3.63) is 64.2 Å². The topological polar surface area (TPSA) is 178 Å². The Labute approximate surface area is 181 Å². The lowest BCUT2D eigenvalue weighted by Gasteiger charge is -2.39. The molecule has 2 aromatic rings. The van der Waals surface area contributed by atoms with Crippen molar-refractivity contribution in [3.8, 4) is 11.5 Å². The molecular formula is C20H21NO11. The van der Waals surface area contributed by atoms with E-state index >= 15 is 0 Å². The van der Waals surface area contributed by atoms with E-state index in [4.69, 9.17) is 24.1 Å². The molecule has 0 unspecified atom stereocenters. The van der Waals surface area contributed by atoms with Crippen molar-refractivity contribution < 1.29 is 49.1 Å². The number of non-ortho nitro benzene ring substituents is 1. The number of hydrogen-bond acceptors (Lipinski definition) is 11. The summed E-state index contributed by atoms with van der Waals surface area (Å²) in [6.45, 7) is -0.718. The zero-order chi connectivity index (χ0) is 23.3. The summed E-state index contributed by atoms with van der Waals surface area (Å²) < 4.78 is 20.4. The highest BCUT2D eigenvalue weighted by Gasteiger charge is 2.45. The molecular weight excluding hydrogens is 430 g/mol. The van der Waals surface area contributed by atoms with Crippen LogP contribution in [0.15, 0.2) is 48.5 Å². The van der Waals surface area contributed by atoms with Gasteiger partial charge in [0.1, 0.15) is 36.4 Å². The predicted octanol–water partition coefficient (Wildman–Crippen LogP) is 0.489. The van der Waals surface area contributed by atoms with E-state index in [0.717, 1.165) is 0 Å². The fraction of sp³-hybridized carbons (Fsp3) is 0.350. The van der Waals surface area contributed by atoms with Crippen molar-refractivity contribution in [2.24, 2.45) is 0 Å². The largest absolute Gasteiger partial charge is 0.514 e. The monoisotopic (exact) mass is 451 g/mol. The average molecular weight is 451 g/mol. The lowest BCUT2D eigenvalue weighted by atomic mass is 9.99. The molecule has 0 amide bonds. The zero-order valence-corrected chi connectivity index (χ0v) is 16.5. The molecule has 32 heavy (non-hydrogen) atoms. The molecule has 1 aliphatic heterocycles. The van der Waals surface area contributed by atoms with E-state index in [1.807, 2.05) is 0 Å². The van der Waals surface area contributed by atoms with E-state index < -0.39 is 48.4 Å². The summed E-state index contributed by atoms with van der Waals surface area (Å²) in [5.41, 5.74) is 0.426. The second-order valence-corrected chi connectivity index (χ2v) is 6.85. The third-order valence-corrected chi connectivity index (χ3v) is 4.64. The number of benzene rings is 2. The minimum Gasteiger partial charge on any atom is -0.482 e. The molecule has 3 rings (SSSR count). The molecule has 5 atom stereocenters. The van der Waals surface area contributed by atoms with Crippen LogP contribution in [-0.2, 0) is 16.1 Å². The van der Waals surface area contributed by atoms with Crippen LogP contribution in [0.2, 0.25) is 0 Å². The molecule has 0 bridgehead atoms. The van der Waals surface area contributed by atoms with Crippen molar-refractivity contribution in [1.29, 1.82) is 0 Å². The van der Waals surface area contributed by atoms with Gasteiger partial charge in [-0.1, -0.05) is 12.1 Å². The molecule has 12 nitrogen and oxygen atoms in total. The van der Waals surface area contributed by atoms with Gasteiger partial charge in [0.05, 0.1) is 11.5 Å². The highest BCUT2D eigenvalue weighted by Crippen LogP contribution is 2.25. The number of nitro groups is 1. The van der Waals surface area contributed by atoms with Crippen LogP contribution >= 0.6 is 0 Å². The molecule has 12 heteroatoms. The Kier molecular flexibility index (Phi) is 7.56. The maximum atomic E-state index is 11.8. The highest BCUT2D eigenvalue weighted by atomic mass is 16.7. The number of carbonyl (C=O) groups excluding carboxylic acids is 1. The summed E-state index contributed by atoms with van der Waals surface area (Å²) in [7, 11) is 0. The van der Waals surface area contributed by atoms with Crippen LogP contribution in [0.1, 0.15) is 5.56 Å². The Morgan fingerprint density at radius 2 is 1.62 bits per heavy atom. The number of nitrogens with zero attached hydrogens (tertiary/aromatic N) is 1. The number of rotatable bonds is 7. The molecule has 1 heterocycles. The van der Waals surface area contributed by atoms with E-state index in [2.05, 4.69) is 0 Å². The zero-order valence-electron chi connectivity index (χ0n) is 16.5. The number of ether oxygens (including phenoxy) is 4. The van der Waals surface area contributed by atoms with Crippen LogP contribution in [0.25, 0.3) is 0 Å². The minimum absolute atomic E-state index is 0.0850. The van der Waals surface area contributed by atoms with Gasteiger partial charge in [-0.3, -0.25) is 10.1 Å². The molecule has 0 aliphatic carbocycles. The first-order valence-corrected chi connectivity index (χ1v) is 9.43. The lowest BCUT2D eigenvalue weighted by molar-refractivity contribution is -0.384. The number of carbonyl (C=O) groups is 1. The normalized spacial score (nSPS) is 25.1. The first-order chi connectivity index (χ1) is 15.3. The molecule has 0 radical (unpaired) electrons. The van der Waals surface area contributed by atoms with Crippen LogP contribution < -0.4 is 9.47 Å². The van der Waals surface area contributed by atoms with Crippen LogP contribution in [0.5, 0.6) is 11.5 Å². The van der Waals surface area contributed by atoms with Crippen molar-refractivity contribution >= 4 is 11.8 Å². The summed E-state index contributed by atoms with van der Waals surface area (Å²) in [6.07, 6.45) is -7.92. The van der Waals surface area contributed by atoms with E-state index in [1.165, 1.54) is 36.4 Å². The highest BCUT2D eigenvalue weighted by molar-refractivity contribution is 5.64. The van der Waals surface area contributed by atoms with Gasteiger partial charge in [-0.15, -0.1) is 0 Å². The lowest BCUT2D eigenvalue weighted by Crippen LogP contribution is -2.60. The standard InChI is InChI=1S/C20H21NO11/c22-9-15-16(23)17(24)18(19(25)32-15)30-13-5-1-11(2-6-13)10-29-20(26)31-14-7-3-12(4-8-14)21(27)28/h1-8,15-19,22-25H,9-10H2/t15-,16-,17+,18-,19-/m1/s1. The first kappa shape index (κ1) is 23.4. The maximum absolute atomic E-state index is 11.8. The third kappa shape index (κ3) is 5.69. The van der Waals surface area contributed by atoms with Gasteiger partial charge in [-0.05, 0) is 29.8 Å². The van der Waals surface area contributed by atoms with E-state index in [0.29, 0.717) is 5.56 Å². The Morgan fingerprint density at radius 1 is 1.00 bits per heavy atom. The average Bonchev–Trinajstić information content (AvgIpc) is 2.79. The Hall–Kier alpha value is -3.29. The second-order valence-electron chi connectivity index (χ2n) is 6.85. The molecule has 0 spiro atoms. The first-order valence-electron chi connectivity index (χ1n) is 9.43. The predicted molar refractivity (Wildman–Crippen MR) is 105 cm³/mol. The maximum Gasteiger partial charge on any atom is 0.514 e. The number of aliphatic hydroxyl groups excluding tert-OH is 4. The Balaban J connectivity index is 1.50. The van der Waals surface area contributed by atoms with Gasteiger partial charge in [0, 0.05) is 12.1 Å². The van der Waals surface area contributed by atoms with Gasteiger partial charge in [0.25, 0.3) is 5.69 Å². The molecule has 172 valence electrons. The van der Waals surface area contributed by atoms with Crippen molar-refractivity contribution in [3.63, 3.8) is 0 Å². The summed E-state index contributed by atoms with van der Waals surface area (Å²) in [5, 5.41) is 49.7. The van der Waals surface area contributed by atoms with Gasteiger partial charge < -0.3 is 39.4 Å². The van der Waals surface area contributed by atoms with E-state index in [1.54, 1.807) is 12.1 Å². The van der Waals surface area contributed by atoms with Crippen molar-refractivity contribution in [2.45, 2.75) is 37.3 Å². The van der Waals surface area contributed by atoms with Gasteiger partial charge in [0.2, 0.25) is 0 Å². The second kappa shape index (κ2) is 10.3. The van der Waals surface area contributed by atoms with Crippen LogP contribution in [0.3, 0.4) is 0 Å². The molecule has 4 N–H and O–H groups in total. The molecule has 1 fully saturated rings. The number of aliphatic hydroxyl groups is 4. The fourth-order valence-electron chi connectivity index (χ4n) is 2.92. The van der Waals surface area contributed by atoms with Gasteiger partial charge >= 0.3 is 6.16 Å². The van der Waals surface area contributed by atoms with Crippen LogP contribution in [-0.4, -0.2) is 68.8 Å². The van der Waals surface area contributed by atoms with Crippen molar-refractivity contribution in [1.82, 2.24) is 0 Å². The molecule has 0 saturated carbocycles. The van der Waals surface area contributed by atoms with E-state index in [9.17, 15) is 30.2 Å². The third-order valence-electron chi connectivity index (χ3n) is 4.64. The molecule has 2 aromatic carbocycles. The van der Waals surface area contributed by atoms with Gasteiger partial charge in [-0.25, -0.2) is 4.79 Å². The molecule has 1 aliphatic rings. The summed E-state index contributed by atoms with van der Waals surface area (Å²) >= 11 is 0. The van der Waals surface area contributed by atoms with Crippen LogP contribution in [0, 0.1) is 10.1 Å². The Bertz CT molecular complexity index is 918. The molecule has 1 saturated heterocycles. The van der Waals surface area contributed by atoms with Crippen LogP contribution in [0.4, 0.5) is 10.5 Å². The van der Waals surface area contributed by atoms with E-state index in [-0.39, 0.29) is 23.8 Å². The van der Waals surface area contributed by atoms with Gasteiger partial charge in [0.15, 0.2) is 12.4 Å². The SMILES string of the molecule is O=C(OCc1ccc(O[C@@H]2[C@@H](O)[C@H](O)[C@@H](CO)O[C@H]2O)cc1)Oc1ccc([N+](=O)[O-])cc1.